The number of aromatic nitrogens is 2. The average molecular weight is 263 g/mol. The van der Waals surface area contributed by atoms with Crippen LogP contribution in [0.4, 0.5) is 0 Å². The molecule has 2 atom stereocenters. The number of nitrogens with zero attached hydrogens (tertiary/aromatic N) is 2. The van der Waals surface area contributed by atoms with Gasteiger partial charge in [-0.2, -0.15) is 5.10 Å². The van der Waals surface area contributed by atoms with Gasteiger partial charge in [-0.3, -0.25) is 14.3 Å². The topological polar surface area (TPSA) is 84.2 Å². The summed E-state index contributed by atoms with van der Waals surface area (Å²) in [6.45, 7) is 1.94. The number of amides is 1. The molecule has 1 aromatic heterocycles. The van der Waals surface area contributed by atoms with E-state index >= 15 is 0 Å². The van der Waals surface area contributed by atoms with Crippen LogP contribution in [-0.4, -0.2) is 32.8 Å². The molecular weight excluding hydrogens is 246 g/mol. The number of rotatable bonds is 4. The van der Waals surface area contributed by atoms with Crippen LogP contribution in [0, 0.1) is 5.92 Å². The lowest BCUT2D eigenvalue weighted by molar-refractivity contribution is -0.140. The molecule has 0 fully saturated rings. The lowest BCUT2D eigenvalue weighted by atomic mass is 10.1. The summed E-state index contributed by atoms with van der Waals surface area (Å²) in [7, 11) is 1.77. The maximum Gasteiger partial charge on any atom is 0.310 e. The summed E-state index contributed by atoms with van der Waals surface area (Å²) in [4.78, 5) is 23.0. The first kappa shape index (κ1) is 13.3. The minimum atomic E-state index is -0.858. The summed E-state index contributed by atoms with van der Waals surface area (Å²) in [5.41, 5.74) is 1.30. The second kappa shape index (κ2) is 5.26. The summed E-state index contributed by atoms with van der Waals surface area (Å²) < 4.78 is 1.61. The van der Waals surface area contributed by atoms with E-state index in [-0.39, 0.29) is 11.9 Å². The summed E-state index contributed by atoms with van der Waals surface area (Å²) in [6.07, 6.45) is 6.13. The standard InChI is InChI=1S/C13H17N3O3/c1-3-11-10(7-16(2)15-11)12(17)14-9-5-4-8(6-9)13(18)19/h4-5,7-9H,3,6H2,1-2H3,(H,14,17)(H,18,19). The fourth-order valence-electron chi connectivity index (χ4n) is 2.22. The van der Waals surface area contributed by atoms with Crippen LogP contribution in [0.5, 0.6) is 0 Å². The zero-order valence-electron chi connectivity index (χ0n) is 11.0. The molecule has 1 aromatic rings. The van der Waals surface area contributed by atoms with E-state index in [4.69, 9.17) is 5.11 Å². The fourth-order valence-corrected chi connectivity index (χ4v) is 2.22. The van der Waals surface area contributed by atoms with E-state index in [9.17, 15) is 9.59 Å². The monoisotopic (exact) mass is 263 g/mol. The molecule has 6 heteroatoms. The second-order valence-corrected chi connectivity index (χ2v) is 4.66. The molecule has 0 aromatic carbocycles. The van der Waals surface area contributed by atoms with Crippen molar-refractivity contribution in [1.29, 1.82) is 0 Å². The Morgan fingerprint density at radius 3 is 2.84 bits per heavy atom. The predicted molar refractivity (Wildman–Crippen MR) is 68.7 cm³/mol. The van der Waals surface area contributed by atoms with Crippen molar-refractivity contribution in [3.63, 3.8) is 0 Å². The van der Waals surface area contributed by atoms with Gasteiger partial charge in [0.05, 0.1) is 17.2 Å². The molecule has 1 aliphatic carbocycles. The van der Waals surface area contributed by atoms with Crippen molar-refractivity contribution in [2.45, 2.75) is 25.8 Å². The van der Waals surface area contributed by atoms with Crippen LogP contribution in [-0.2, 0) is 18.3 Å². The van der Waals surface area contributed by atoms with Crippen molar-refractivity contribution >= 4 is 11.9 Å². The summed E-state index contributed by atoms with van der Waals surface area (Å²) >= 11 is 0. The molecule has 19 heavy (non-hydrogen) atoms. The summed E-state index contributed by atoms with van der Waals surface area (Å²) in [6, 6.07) is -0.224. The van der Waals surface area contributed by atoms with Gasteiger partial charge < -0.3 is 10.4 Å². The quantitative estimate of drug-likeness (QED) is 0.785. The normalized spacial score (nSPS) is 21.6. The molecule has 1 amide bonds. The Labute approximate surface area is 111 Å². The third-order valence-corrected chi connectivity index (χ3v) is 3.20. The smallest absolute Gasteiger partial charge is 0.310 e. The van der Waals surface area contributed by atoms with E-state index in [0.717, 1.165) is 5.69 Å². The molecule has 0 aliphatic heterocycles. The van der Waals surface area contributed by atoms with Gasteiger partial charge in [0, 0.05) is 19.3 Å². The Kier molecular flexibility index (Phi) is 3.69. The molecule has 1 heterocycles. The Bertz CT molecular complexity index is 533. The van der Waals surface area contributed by atoms with E-state index in [1.54, 1.807) is 30.1 Å². The van der Waals surface area contributed by atoms with Crippen molar-refractivity contribution in [3.8, 4) is 0 Å². The van der Waals surface area contributed by atoms with Gasteiger partial charge >= 0.3 is 5.97 Å². The van der Waals surface area contributed by atoms with Gasteiger partial charge in [0.15, 0.2) is 0 Å². The molecule has 6 nitrogen and oxygen atoms in total. The molecule has 1 aliphatic rings. The van der Waals surface area contributed by atoms with Crippen LogP contribution in [0.1, 0.15) is 29.4 Å². The Balaban J connectivity index is 2.02. The van der Waals surface area contributed by atoms with E-state index in [1.165, 1.54) is 0 Å². The van der Waals surface area contributed by atoms with Gasteiger partial charge in [-0.25, -0.2) is 0 Å². The van der Waals surface area contributed by atoms with Crippen LogP contribution >= 0.6 is 0 Å². The first-order valence-electron chi connectivity index (χ1n) is 6.25. The minimum absolute atomic E-state index is 0.203. The molecule has 2 unspecified atom stereocenters. The largest absolute Gasteiger partial charge is 0.481 e. The van der Waals surface area contributed by atoms with Gasteiger partial charge in [-0.05, 0) is 12.8 Å². The van der Waals surface area contributed by atoms with Crippen LogP contribution in [0.2, 0.25) is 0 Å². The highest BCUT2D eigenvalue weighted by Crippen LogP contribution is 2.18. The molecule has 2 N–H and O–H groups in total. The highest BCUT2D eigenvalue weighted by atomic mass is 16.4. The van der Waals surface area contributed by atoms with Crippen molar-refractivity contribution in [3.05, 3.63) is 29.6 Å². The zero-order valence-corrected chi connectivity index (χ0v) is 11.0. The van der Waals surface area contributed by atoms with Crippen LogP contribution in [0.3, 0.4) is 0 Å². The van der Waals surface area contributed by atoms with E-state index < -0.39 is 11.9 Å². The van der Waals surface area contributed by atoms with Crippen molar-refractivity contribution in [2.75, 3.05) is 0 Å². The number of nitrogens with one attached hydrogen (secondary N) is 1. The van der Waals surface area contributed by atoms with Gasteiger partial charge in [0.1, 0.15) is 0 Å². The second-order valence-electron chi connectivity index (χ2n) is 4.66. The van der Waals surface area contributed by atoms with E-state index in [1.807, 2.05) is 6.92 Å². The lowest BCUT2D eigenvalue weighted by Crippen LogP contribution is -2.33. The molecule has 0 saturated heterocycles. The third kappa shape index (κ3) is 2.83. The van der Waals surface area contributed by atoms with Gasteiger partial charge in [0.2, 0.25) is 0 Å². The Morgan fingerprint density at radius 2 is 2.26 bits per heavy atom. The Morgan fingerprint density at radius 1 is 1.53 bits per heavy atom. The number of hydrogen-bond donors (Lipinski definition) is 2. The molecule has 0 radical (unpaired) electrons. The number of carbonyl (C=O) groups excluding carboxylic acids is 1. The van der Waals surface area contributed by atoms with Gasteiger partial charge in [-0.1, -0.05) is 19.1 Å². The number of aliphatic carboxylic acids is 1. The van der Waals surface area contributed by atoms with Crippen molar-refractivity contribution in [1.82, 2.24) is 15.1 Å². The Hall–Kier alpha value is -2.11. The molecule has 2 rings (SSSR count). The zero-order chi connectivity index (χ0) is 14.0. The van der Waals surface area contributed by atoms with E-state index in [0.29, 0.717) is 18.4 Å². The fraction of sp³-hybridized carbons (Fsp3) is 0.462. The van der Waals surface area contributed by atoms with Crippen molar-refractivity contribution < 1.29 is 14.7 Å². The molecular formula is C13H17N3O3. The minimum Gasteiger partial charge on any atom is -0.481 e. The van der Waals surface area contributed by atoms with Crippen LogP contribution < -0.4 is 5.32 Å². The summed E-state index contributed by atoms with van der Waals surface area (Å²) in [5.74, 6) is -1.57. The first-order valence-corrected chi connectivity index (χ1v) is 6.25. The van der Waals surface area contributed by atoms with Gasteiger partial charge in [-0.15, -0.1) is 0 Å². The number of hydrogen-bond acceptors (Lipinski definition) is 3. The molecule has 0 bridgehead atoms. The first-order chi connectivity index (χ1) is 9.01. The number of carboxylic acid groups (broad SMARTS) is 1. The predicted octanol–water partition coefficient (Wildman–Crippen LogP) is 0.742. The number of carbonyl (C=O) groups is 2. The molecule has 0 saturated carbocycles. The highest BCUT2D eigenvalue weighted by molar-refractivity contribution is 5.95. The van der Waals surface area contributed by atoms with Crippen molar-refractivity contribution in [2.24, 2.45) is 13.0 Å². The third-order valence-electron chi connectivity index (χ3n) is 3.20. The number of aryl methyl sites for hydroxylation is 2. The molecule has 0 spiro atoms. The maximum absolute atomic E-state index is 12.1. The SMILES string of the molecule is CCc1nn(C)cc1C(=O)NC1C=CC(C(=O)O)C1. The summed E-state index contributed by atoms with van der Waals surface area (Å²) in [5, 5.41) is 15.9. The van der Waals surface area contributed by atoms with E-state index in [2.05, 4.69) is 10.4 Å². The average Bonchev–Trinajstić information content (AvgIpc) is 2.95. The lowest BCUT2D eigenvalue weighted by Gasteiger charge is -2.11. The number of carboxylic acids is 1. The molecule has 102 valence electrons. The van der Waals surface area contributed by atoms with Gasteiger partial charge in [0.25, 0.3) is 5.91 Å². The van der Waals surface area contributed by atoms with Crippen LogP contribution in [0.15, 0.2) is 18.3 Å². The maximum atomic E-state index is 12.1. The highest BCUT2D eigenvalue weighted by Gasteiger charge is 2.26. The van der Waals surface area contributed by atoms with Crippen LogP contribution in [0.25, 0.3) is 0 Å².